The summed E-state index contributed by atoms with van der Waals surface area (Å²) in [7, 11) is 1.28. The van der Waals surface area contributed by atoms with Crippen LogP contribution in [0.25, 0.3) is 10.9 Å². The van der Waals surface area contributed by atoms with Gasteiger partial charge in [0.1, 0.15) is 6.61 Å². The average molecular weight is 598 g/mol. The van der Waals surface area contributed by atoms with Gasteiger partial charge < -0.3 is 34.5 Å². The van der Waals surface area contributed by atoms with Gasteiger partial charge in [0.15, 0.2) is 17.7 Å². The third-order valence-corrected chi connectivity index (χ3v) is 7.11. The van der Waals surface area contributed by atoms with Gasteiger partial charge in [-0.25, -0.2) is 9.59 Å². The zero-order valence-electron chi connectivity index (χ0n) is 24.7. The quantitative estimate of drug-likeness (QED) is 0.0832. The molecule has 0 unspecified atom stereocenters. The molecule has 1 aliphatic heterocycles. The summed E-state index contributed by atoms with van der Waals surface area (Å²) in [5, 5.41) is 21.2. The summed E-state index contributed by atoms with van der Waals surface area (Å²) in [5.74, 6) is 0.209. The number of fused-ring (bicyclic) bond motifs is 1. The number of hydrogen-bond donors (Lipinski definition) is 4. The minimum absolute atomic E-state index is 0.122. The Labute approximate surface area is 255 Å². The van der Waals surface area contributed by atoms with Crippen molar-refractivity contribution in [2.24, 2.45) is 5.10 Å². The van der Waals surface area contributed by atoms with Gasteiger partial charge in [0, 0.05) is 34.9 Å². The summed E-state index contributed by atoms with van der Waals surface area (Å²) < 4.78 is 18.7. The second-order valence-corrected chi connectivity index (χ2v) is 10.1. The lowest BCUT2D eigenvalue weighted by Crippen LogP contribution is -2.45. The van der Waals surface area contributed by atoms with E-state index in [-0.39, 0.29) is 12.2 Å². The van der Waals surface area contributed by atoms with E-state index in [1.807, 2.05) is 49.5 Å². The first-order valence-electron chi connectivity index (χ1n) is 14.2. The number of methoxy groups -OCH3 is 1. The van der Waals surface area contributed by atoms with Gasteiger partial charge in [0.25, 0.3) is 0 Å². The SMILES string of the molecule is CCOc1cc([C@@H]2NC(=O)NC(C)=C2C(=O)OC)ccc1OC[C@H](O)N/N=C/c1cn(Cc2ccccc2)c2ccccc12. The van der Waals surface area contributed by atoms with E-state index >= 15 is 0 Å². The Morgan fingerprint density at radius 2 is 1.86 bits per heavy atom. The Bertz CT molecular complexity index is 1700. The molecule has 4 N–H and O–H groups in total. The molecule has 0 aliphatic carbocycles. The van der Waals surface area contributed by atoms with E-state index in [4.69, 9.17) is 14.2 Å². The van der Waals surface area contributed by atoms with Crippen molar-refractivity contribution >= 4 is 29.1 Å². The molecule has 0 radical (unpaired) electrons. The maximum Gasteiger partial charge on any atom is 0.337 e. The third-order valence-electron chi connectivity index (χ3n) is 7.11. The summed E-state index contributed by atoms with van der Waals surface area (Å²) >= 11 is 0. The zero-order chi connectivity index (χ0) is 31.1. The molecule has 0 saturated carbocycles. The number of benzene rings is 3. The minimum Gasteiger partial charge on any atom is -0.490 e. The smallest absolute Gasteiger partial charge is 0.337 e. The number of carbonyl (C=O) groups is 2. The second kappa shape index (κ2) is 13.8. The van der Waals surface area contributed by atoms with Crippen molar-refractivity contribution in [3.05, 3.63) is 107 Å². The number of urea groups is 1. The molecule has 4 aromatic rings. The van der Waals surface area contributed by atoms with Crippen LogP contribution < -0.4 is 25.5 Å². The highest BCUT2D eigenvalue weighted by molar-refractivity contribution is 5.99. The van der Waals surface area contributed by atoms with Crippen LogP contribution in [0.1, 0.15) is 36.6 Å². The Kier molecular flexibility index (Phi) is 9.46. The molecule has 11 heteroatoms. The van der Waals surface area contributed by atoms with Crippen LogP contribution in [0, 0.1) is 0 Å². The van der Waals surface area contributed by atoms with Crippen LogP contribution in [-0.4, -0.2) is 54.4 Å². The summed E-state index contributed by atoms with van der Waals surface area (Å²) in [6.45, 7) is 4.42. The van der Waals surface area contributed by atoms with Crippen molar-refractivity contribution in [2.75, 3.05) is 20.3 Å². The lowest BCUT2D eigenvalue weighted by atomic mass is 9.95. The highest BCUT2D eigenvalue weighted by atomic mass is 16.5. The van der Waals surface area contributed by atoms with Crippen molar-refractivity contribution < 1.29 is 28.9 Å². The van der Waals surface area contributed by atoms with E-state index in [9.17, 15) is 14.7 Å². The molecular formula is C33H35N5O6. The minimum atomic E-state index is -1.11. The van der Waals surface area contributed by atoms with Crippen molar-refractivity contribution in [3.63, 3.8) is 0 Å². The van der Waals surface area contributed by atoms with E-state index in [2.05, 4.69) is 43.9 Å². The number of esters is 1. The molecular weight excluding hydrogens is 562 g/mol. The number of aromatic nitrogens is 1. The van der Waals surface area contributed by atoms with Crippen LogP contribution in [0.15, 0.2) is 95.4 Å². The number of aliphatic hydroxyl groups is 1. The molecule has 1 aromatic heterocycles. The molecule has 3 aromatic carbocycles. The first kappa shape index (κ1) is 30.2. The van der Waals surface area contributed by atoms with Gasteiger partial charge in [0.05, 0.1) is 31.5 Å². The lowest BCUT2D eigenvalue weighted by Gasteiger charge is -2.28. The molecule has 0 fully saturated rings. The molecule has 2 amide bonds. The number of nitrogens with zero attached hydrogens (tertiary/aromatic N) is 2. The second-order valence-electron chi connectivity index (χ2n) is 10.1. The normalized spacial score (nSPS) is 15.5. The molecule has 0 saturated heterocycles. The van der Waals surface area contributed by atoms with Crippen LogP contribution in [0.5, 0.6) is 11.5 Å². The highest BCUT2D eigenvalue weighted by Gasteiger charge is 2.32. The number of aliphatic hydroxyl groups excluding tert-OH is 1. The average Bonchev–Trinajstić information content (AvgIpc) is 3.37. The topological polar surface area (TPSA) is 135 Å². The van der Waals surface area contributed by atoms with Crippen molar-refractivity contribution in [2.45, 2.75) is 32.7 Å². The first-order chi connectivity index (χ1) is 21.4. The number of para-hydroxylation sites is 1. The van der Waals surface area contributed by atoms with E-state index < -0.39 is 24.3 Å². The van der Waals surface area contributed by atoms with Gasteiger partial charge in [-0.05, 0) is 43.2 Å². The molecule has 228 valence electrons. The van der Waals surface area contributed by atoms with E-state index in [1.54, 1.807) is 31.3 Å². The fourth-order valence-corrected chi connectivity index (χ4v) is 5.10. The van der Waals surface area contributed by atoms with Gasteiger partial charge in [0.2, 0.25) is 0 Å². The van der Waals surface area contributed by atoms with Crippen LogP contribution >= 0.6 is 0 Å². The number of hydrogen-bond acceptors (Lipinski definition) is 8. The lowest BCUT2D eigenvalue weighted by molar-refractivity contribution is -0.136. The van der Waals surface area contributed by atoms with Gasteiger partial charge in [-0.2, -0.15) is 5.10 Å². The fraction of sp³-hybridized carbons (Fsp3) is 0.242. The maximum absolute atomic E-state index is 12.5. The van der Waals surface area contributed by atoms with Gasteiger partial charge in [-0.15, -0.1) is 0 Å². The Balaban J connectivity index is 1.26. The predicted octanol–water partition coefficient (Wildman–Crippen LogP) is 4.21. The van der Waals surface area contributed by atoms with E-state index in [0.29, 0.717) is 29.4 Å². The Hall–Kier alpha value is -5.29. The Morgan fingerprint density at radius 1 is 1.09 bits per heavy atom. The monoisotopic (exact) mass is 597 g/mol. The van der Waals surface area contributed by atoms with Gasteiger partial charge in [-0.1, -0.05) is 54.6 Å². The molecule has 5 rings (SSSR count). The van der Waals surface area contributed by atoms with Crippen molar-refractivity contribution in [1.29, 1.82) is 0 Å². The number of carbonyl (C=O) groups excluding carboxylic acids is 2. The zero-order valence-corrected chi connectivity index (χ0v) is 24.7. The molecule has 44 heavy (non-hydrogen) atoms. The van der Waals surface area contributed by atoms with Gasteiger partial charge in [-0.3, -0.25) is 5.43 Å². The number of hydrazone groups is 1. The molecule has 0 bridgehead atoms. The maximum atomic E-state index is 12.5. The van der Waals surface area contributed by atoms with Crippen molar-refractivity contribution in [1.82, 2.24) is 20.6 Å². The Morgan fingerprint density at radius 3 is 2.64 bits per heavy atom. The van der Waals surface area contributed by atoms with Crippen LogP contribution in [0.3, 0.4) is 0 Å². The van der Waals surface area contributed by atoms with Crippen molar-refractivity contribution in [3.8, 4) is 11.5 Å². The van der Waals surface area contributed by atoms with E-state index in [0.717, 1.165) is 23.0 Å². The number of ether oxygens (including phenoxy) is 3. The molecule has 2 heterocycles. The van der Waals surface area contributed by atoms with E-state index in [1.165, 1.54) is 12.7 Å². The molecule has 0 spiro atoms. The van der Waals surface area contributed by atoms with Crippen LogP contribution in [-0.2, 0) is 16.1 Å². The summed E-state index contributed by atoms with van der Waals surface area (Å²) in [4.78, 5) is 24.6. The summed E-state index contributed by atoms with van der Waals surface area (Å²) in [5.41, 5.74) is 7.18. The van der Waals surface area contributed by atoms with Gasteiger partial charge >= 0.3 is 12.0 Å². The number of allylic oxidation sites excluding steroid dienone is 1. The first-order valence-corrected chi connectivity index (χ1v) is 14.2. The predicted molar refractivity (Wildman–Crippen MR) is 166 cm³/mol. The number of amides is 2. The molecule has 1 aliphatic rings. The van der Waals surface area contributed by atoms with Crippen LogP contribution in [0.2, 0.25) is 0 Å². The summed E-state index contributed by atoms with van der Waals surface area (Å²) in [6, 6.07) is 22.2. The van der Waals surface area contributed by atoms with Crippen LogP contribution in [0.4, 0.5) is 4.79 Å². The molecule has 11 nitrogen and oxygen atoms in total. The molecule has 2 atom stereocenters. The number of nitrogens with one attached hydrogen (secondary N) is 3. The number of rotatable bonds is 12. The largest absolute Gasteiger partial charge is 0.490 e. The highest BCUT2D eigenvalue weighted by Crippen LogP contribution is 2.35. The third kappa shape index (κ3) is 6.84. The summed E-state index contributed by atoms with van der Waals surface area (Å²) in [6.07, 6.45) is 2.60. The standard InChI is InChI=1S/C33H35N5O6/c1-4-43-28-16-23(31-30(32(40)42-3)21(2)35-33(41)36-31)14-15-27(28)44-20-29(39)37-34-17-24-19-38(18-22-10-6-5-7-11-22)26-13-9-8-12-25(24)26/h5-17,19,29,31,37,39H,4,18,20H2,1-3H3,(H2,35,36,41)/b34-17+/t29-,31-/m0/s1. The fourth-order valence-electron chi connectivity index (χ4n) is 5.10.